The van der Waals surface area contributed by atoms with Gasteiger partial charge in [0.2, 0.25) is 5.82 Å². The summed E-state index contributed by atoms with van der Waals surface area (Å²) in [5.41, 5.74) is 1.07. The van der Waals surface area contributed by atoms with Gasteiger partial charge in [-0.25, -0.2) is 0 Å². The maximum Gasteiger partial charge on any atom is 0.255 e. The number of hydrogen-bond acceptors (Lipinski definition) is 4. The average molecular weight is 309 g/mol. The molecule has 0 saturated carbocycles. The number of aromatic nitrogens is 4. The maximum absolute atomic E-state index is 13.1. The Morgan fingerprint density at radius 3 is 2.61 bits per heavy atom. The molecule has 0 unspecified atom stereocenters. The smallest absolute Gasteiger partial charge is 0.255 e. The number of carbonyl (C=O) groups excluding carboxylic acids is 1. The summed E-state index contributed by atoms with van der Waals surface area (Å²) in [6, 6.07) is 7.35. The van der Waals surface area contributed by atoms with Gasteiger partial charge in [-0.1, -0.05) is 30.4 Å². The Hall–Kier alpha value is -2.76. The monoisotopic (exact) mass is 309 g/mol. The van der Waals surface area contributed by atoms with Crippen molar-refractivity contribution < 1.29 is 4.79 Å². The maximum atomic E-state index is 13.1. The highest BCUT2D eigenvalue weighted by Crippen LogP contribution is 2.39. The predicted octanol–water partition coefficient (Wildman–Crippen LogP) is 2.60. The zero-order chi connectivity index (χ0) is 16.3. The lowest BCUT2D eigenvalue weighted by Crippen LogP contribution is -2.61. The fourth-order valence-electron chi connectivity index (χ4n) is 3.19. The molecule has 6 nitrogen and oxygen atoms in total. The van der Waals surface area contributed by atoms with Crippen LogP contribution >= 0.6 is 0 Å². The van der Waals surface area contributed by atoms with E-state index >= 15 is 0 Å². The number of benzene rings is 1. The molecule has 2 aromatic rings. The highest BCUT2D eigenvalue weighted by atomic mass is 16.2. The summed E-state index contributed by atoms with van der Waals surface area (Å²) < 4.78 is 0. The average Bonchev–Trinajstić information content (AvgIpc) is 3.08. The van der Waals surface area contributed by atoms with Crippen molar-refractivity contribution in [3.63, 3.8) is 0 Å². The van der Waals surface area contributed by atoms with Crippen LogP contribution in [-0.4, -0.2) is 43.5 Å². The van der Waals surface area contributed by atoms with E-state index in [-0.39, 0.29) is 11.4 Å². The van der Waals surface area contributed by atoms with Crippen molar-refractivity contribution in [2.24, 2.45) is 0 Å². The number of carbonyl (C=O) groups is 1. The molecule has 1 saturated heterocycles. The summed E-state index contributed by atoms with van der Waals surface area (Å²) in [6.45, 7) is 8.40. The normalized spacial score (nSPS) is 15.7. The van der Waals surface area contributed by atoms with Crippen molar-refractivity contribution in [2.45, 2.75) is 24.8 Å². The van der Waals surface area contributed by atoms with E-state index in [4.69, 9.17) is 0 Å². The van der Waals surface area contributed by atoms with Crippen LogP contribution < -0.4 is 0 Å². The summed E-state index contributed by atoms with van der Waals surface area (Å²) in [5.74, 6) is 0.410. The van der Waals surface area contributed by atoms with Gasteiger partial charge in [-0.3, -0.25) is 4.79 Å². The van der Waals surface area contributed by atoms with Crippen molar-refractivity contribution in [1.29, 1.82) is 0 Å². The summed E-state index contributed by atoms with van der Waals surface area (Å²) in [6.07, 6.45) is 6.22. The molecule has 1 aliphatic rings. The molecular weight excluding hydrogens is 290 g/mol. The molecule has 1 N–H and O–H groups in total. The fraction of sp³-hybridized carbons (Fsp3) is 0.294. The molecule has 0 radical (unpaired) electrons. The first kappa shape index (κ1) is 15.1. The molecule has 3 rings (SSSR count). The van der Waals surface area contributed by atoms with Crippen molar-refractivity contribution >= 4 is 5.91 Å². The van der Waals surface area contributed by atoms with Crippen LogP contribution in [0.1, 0.15) is 29.6 Å². The Morgan fingerprint density at radius 2 is 2.04 bits per heavy atom. The molecule has 0 bridgehead atoms. The van der Waals surface area contributed by atoms with Crippen molar-refractivity contribution in [3.8, 4) is 11.4 Å². The Morgan fingerprint density at radius 1 is 1.30 bits per heavy atom. The fourth-order valence-corrected chi connectivity index (χ4v) is 3.19. The van der Waals surface area contributed by atoms with E-state index in [0.29, 0.717) is 17.0 Å². The van der Waals surface area contributed by atoms with Crippen molar-refractivity contribution in [2.75, 3.05) is 6.54 Å². The lowest BCUT2D eigenvalue weighted by molar-refractivity contribution is 0.0000410. The summed E-state index contributed by atoms with van der Waals surface area (Å²) in [7, 11) is 0. The molecule has 6 heteroatoms. The number of aromatic amines is 1. The standard InChI is InChI=1S/C17H19N5O/c1-3-9-17(10-4-2)11-12-22(17)16(23)14-8-6-5-7-13(14)15-18-20-21-19-15/h3-8H,1-2,9-12H2,(H,18,19,20,21). The number of hydrogen-bond donors (Lipinski definition) is 1. The molecule has 1 fully saturated rings. The number of H-pyrrole nitrogens is 1. The van der Waals surface area contributed by atoms with Crippen LogP contribution in [0.5, 0.6) is 0 Å². The lowest BCUT2D eigenvalue weighted by Gasteiger charge is -2.52. The third-order valence-corrected chi connectivity index (χ3v) is 4.41. The van der Waals surface area contributed by atoms with Gasteiger partial charge < -0.3 is 4.90 Å². The van der Waals surface area contributed by atoms with Gasteiger partial charge in [0.25, 0.3) is 5.91 Å². The Kier molecular flexibility index (Phi) is 4.06. The van der Waals surface area contributed by atoms with Gasteiger partial charge in [-0.05, 0) is 30.5 Å². The van der Waals surface area contributed by atoms with E-state index in [2.05, 4.69) is 33.8 Å². The first-order valence-corrected chi connectivity index (χ1v) is 7.58. The summed E-state index contributed by atoms with van der Waals surface area (Å²) in [4.78, 5) is 15.0. The van der Waals surface area contributed by atoms with E-state index in [9.17, 15) is 4.79 Å². The zero-order valence-electron chi connectivity index (χ0n) is 12.9. The number of nitrogens with zero attached hydrogens (tertiary/aromatic N) is 4. The molecule has 23 heavy (non-hydrogen) atoms. The number of nitrogens with one attached hydrogen (secondary N) is 1. The minimum absolute atomic E-state index is 0.0136. The molecule has 118 valence electrons. The van der Waals surface area contributed by atoms with Gasteiger partial charge >= 0.3 is 0 Å². The van der Waals surface area contributed by atoms with E-state index in [0.717, 1.165) is 25.8 Å². The van der Waals surface area contributed by atoms with Crippen LogP contribution in [0, 0.1) is 0 Å². The molecule has 0 atom stereocenters. The van der Waals surface area contributed by atoms with E-state index in [1.54, 1.807) is 6.07 Å². The third-order valence-electron chi connectivity index (χ3n) is 4.41. The molecule has 1 aliphatic heterocycles. The highest BCUT2D eigenvalue weighted by Gasteiger charge is 2.46. The largest absolute Gasteiger partial charge is 0.332 e. The Labute approximate surface area is 134 Å². The van der Waals surface area contributed by atoms with Gasteiger partial charge in [0.15, 0.2) is 0 Å². The molecule has 1 amide bonds. The molecular formula is C17H19N5O. The van der Waals surface area contributed by atoms with E-state index < -0.39 is 0 Å². The molecule has 0 spiro atoms. The van der Waals surface area contributed by atoms with Gasteiger partial charge in [0, 0.05) is 12.1 Å². The molecule has 1 aromatic heterocycles. The molecule has 2 heterocycles. The number of amides is 1. The summed E-state index contributed by atoms with van der Waals surface area (Å²) >= 11 is 0. The van der Waals surface area contributed by atoms with Crippen LogP contribution in [0.15, 0.2) is 49.6 Å². The van der Waals surface area contributed by atoms with Crippen LogP contribution in [0.4, 0.5) is 0 Å². The number of tetrazole rings is 1. The SMILES string of the molecule is C=CCC1(CC=C)CCN1C(=O)c1ccccc1-c1nn[nH]n1. The third kappa shape index (κ3) is 2.56. The zero-order valence-corrected chi connectivity index (χ0v) is 12.9. The molecule has 1 aromatic carbocycles. The van der Waals surface area contributed by atoms with Crippen molar-refractivity contribution in [3.05, 3.63) is 55.1 Å². The second kappa shape index (κ2) is 6.16. The molecule has 0 aliphatic carbocycles. The van der Waals surface area contributed by atoms with Crippen LogP contribution in [0.3, 0.4) is 0 Å². The number of rotatable bonds is 6. The minimum atomic E-state index is -0.203. The highest BCUT2D eigenvalue weighted by molar-refractivity contribution is 6.01. The van der Waals surface area contributed by atoms with Gasteiger partial charge in [0.1, 0.15) is 0 Å². The second-order valence-corrected chi connectivity index (χ2v) is 5.70. The first-order valence-electron chi connectivity index (χ1n) is 7.58. The Bertz CT molecular complexity index is 712. The van der Waals surface area contributed by atoms with Crippen molar-refractivity contribution in [1.82, 2.24) is 25.5 Å². The topological polar surface area (TPSA) is 74.8 Å². The lowest BCUT2D eigenvalue weighted by atomic mass is 9.78. The predicted molar refractivity (Wildman–Crippen MR) is 87.6 cm³/mol. The van der Waals surface area contributed by atoms with Gasteiger partial charge in [0.05, 0.1) is 11.1 Å². The van der Waals surface area contributed by atoms with E-state index in [1.165, 1.54) is 0 Å². The summed E-state index contributed by atoms with van der Waals surface area (Å²) in [5, 5.41) is 14.0. The van der Waals surface area contributed by atoms with E-state index in [1.807, 2.05) is 35.3 Å². The number of likely N-dealkylation sites (tertiary alicyclic amines) is 1. The van der Waals surface area contributed by atoms with Crippen LogP contribution in [-0.2, 0) is 0 Å². The first-order chi connectivity index (χ1) is 11.2. The second-order valence-electron chi connectivity index (χ2n) is 5.70. The van der Waals surface area contributed by atoms with Crippen LogP contribution in [0.25, 0.3) is 11.4 Å². The minimum Gasteiger partial charge on any atom is -0.332 e. The van der Waals surface area contributed by atoms with Gasteiger partial charge in [-0.2, -0.15) is 5.21 Å². The van der Waals surface area contributed by atoms with Gasteiger partial charge in [-0.15, -0.1) is 23.4 Å². The quantitative estimate of drug-likeness (QED) is 0.832. The Balaban J connectivity index is 1.95. The van der Waals surface area contributed by atoms with Crippen LogP contribution in [0.2, 0.25) is 0 Å².